The van der Waals surface area contributed by atoms with E-state index in [1.807, 2.05) is 0 Å². The third-order valence-electron chi connectivity index (χ3n) is 2.61. The molecule has 0 aromatic heterocycles. The fourth-order valence-electron chi connectivity index (χ4n) is 1.72. The van der Waals surface area contributed by atoms with Gasteiger partial charge in [-0.05, 0) is 6.92 Å². The van der Waals surface area contributed by atoms with E-state index in [1.54, 1.807) is 0 Å². The standard InChI is InChI=1S/C10H12O7/c1-3(2)8(12)17-7-6-5(15-10(7)14)4(11)9(13)16-6/h4-7,9,11,13H,1H2,2H3. The summed E-state index contributed by atoms with van der Waals surface area (Å²) < 4.78 is 14.5. The number of rotatable bonds is 2. The van der Waals surface area contributed by atoms with Crippen molar-refractivity contribution in [1.82, 2.24) is 0 Å². The van der Waals surface area contributed by atoms with Crippen LogP contribution in [0.5, 0.6) is 0 Å². The van der Waals surface area contributed by atoms with Gasteiger partial charge in [-0.2, -0.15) is 0 Å². The molecule has 0 saturated carbocycles. The third-order valence-corrected chi connectivity index (χ3v) is 2.61. The van der Waals surface area contributed by atoms with Crippen LogP contribution in [-0.4, -0.2) is 52.9 Å². The van der Waals surface area contributed by atoms with Crippen molar-refractivity contribution in [2.24, 2.45) is 0 Å². The maximum Gasteiger partial charge on any atom is 0.350 e. The van der Waals surface area contributed by atoms with Gasteiger partial charge in [0.2, 0.25) is 6.10 Å². The molecule has 0 radical (unpaired) electrons. The van der Waals surface area contributed by atoms with Crippen LogP contribution in [0.15, 0.2) is 12.2 Å². The van der Waals surface area contributed by atoms with E-state index in [4.69, 9.17) is 14.2 Å². The lowest BCUT2D eigenvalue weighted by atomic mass is 10.1. The summed E-state index contributed by atoms with van der Waals surface area (Å²) >= 11 is 0. The van der Waals surface area contributed by atoms with Gasteiger partial charge in [-0.25, -0.2) is 9.59 Å². The molecule has 0 aliphatic carbocycles. The minimum absolute atomic E-state index is 0.125. The van der Waals surface area contributed by atoms with E-state index in [0.717, 1.165) is 0 Å². The zero-order chi connectivity index (χ0) is 12.7. The van der Waals surface area contributed by atoms with Crippen molar-refractivity contribution < 1.29 is 34.0 Å². The molecule has 2 fully saturated rings. The molecule has 17 heavy (non-hydrogen) atoms. The molecule has 2 heterocycles. The number of aliphatic hydroxyl groups is 2. The first kappa shape index (κ1) is 12.0. The Morgan fingerprint density at radius 1 is 1.41 bits per heavy atom. The molecule has 2 aliphatic rings. The predicted octanol–water partition coefficient (Wildman–Crippen LogP) is -1.52. The quantitative estimate of drug-likeness (QED) is 0.449. The monoisotopic (exact) mass is 244 g/mol. The molecule has 7 heteroatoms. The van der Waals surface area contributed by atoms with E-state index in [-0.39, 0.29) is 5.57 Å². The molecule has 2 aliphatic heterocycles. The van der Waals surface area contributed by atoms with Crippen molar-refractivity contribution in [3.05, 3.63) is 12.2 Å². The minimum Gasteiger partial charge on any atom is -0.454 e. The van der Waals surface area contributed by atoms with E-state index in [2.05, 4.69) is 6.58 Å². The number of fused-ring (bicyclic) bond motifs is 1. The van der Waals surface area contributed by atoms with E-state index in [1.165, 1.54) is 6.92 Å². The van der Waals surface area contributed by atoms with Gasteiger partial charge in [0.25, 0.3) is 0 Å². The predicted molar refractivity (Wildman–Crippen MR) is 51.5 cm³/mol. The Morgan fingerprint density at radius 2 is 2.06 bits per heavy atom. The van der Waals surface area contributed by atoms with E-state index in [0.29, 0.717) is 0 Å². The fraction of sp³-hybridized carbons (Fsp3) is 0.600. The van der Waals surface area contributed by atoms with Crippen LogP contribution in [0.4, 0.5) is 0 Å². The highest BCUT2D eigenvalue weighted by Gasteiger charge is 2.58. The zero-order valence-corrected chi connectivity index (χ0v) is 9.03. The minimum atomic E-state index is -1.45. The maximum atomic E-state index is 11.4. The molecule has 5 atom stereocenters. The maximum absolute atomic E-state index is 11.4. The molecular weight excluding hydrogens is 232 g/mol. The van der Waals surface area contributed by atoms with E-state index in [9.17, 15) is 19.8 Å². The summed E-state index contributed by atoms with van der Waals surface area (Å²) in [5, 5.41) is 18.7. The Hall–Kier alpha value is -1.44. The second-order valence-electron chi connectivity index (χ2n) is 3.99. The Balaban J connectivity index is 2.11. The van der Waals surface area contributed by atoms with Crippen LogP contribution in [0, 0.1) is 0 Å². The second-order valence-corrected chi connectivity index (χ2v) is 3.99. The molecule has 0 aromatic carbocycles. The first-order valence-electron chi connectivity index (χ1n) is 5.00. The Labute approximate surface area is 96.6 Å². The summed E-state index contributed by atoms with van der Waals surface area (Å²) in [6.45, 7) is 4.80. The molecule has 0 bridgehead atoms. The summed E-state index contributed by atoms with van der Waals surface area (Å²) in [5.41, 5.74) is 0.125. The molecule has 0 amide bonds. The molecule has 0 aromatic rings. The number of aliphatic hydroxyl groups excluding tert-OH is 2. The van der Waals surface area contributed by atoms with Crippen LogP contribution in [0.25, 0.3) is 0 Å². The van der Waals surface area contributed by atoms with Gasteiger partial charge >= 0.3 is 11.9 Å². The molecule has 94 valence electrons. The normalized spacial score (nSPS) is 39.7. The number of esters is 2. The summed E-state index contributed by atoms with van der Waals surface area (Å²) in [6, 6.07) is 0. The largest absolute Gasteiger partial charge is 0.454 e. The van der Waals surface area contributed by atoms with Crippen LogP contribution in [0.2, 0.25) is 0 Å². The summed E-state index contributed by atoms with van der Waals surface area (Å²) in [7, 11) is 0. The fourth-order valence-corrected chi connectivity index (χ4v) is 1.72. The average molecular weight is 244 g/mol. The summed E-state index contributed by atoms with van der Waals surface area (Å²) in [5.74, 6) is -1.56. The van der Waals surface area contributed by atoms with Gasteiger partial charge in [-0.15, -0.1) is 0 Å². The molecular formula is C10H12O7. The van der Waals surface area contributed by atoms with E-state index < -0.39 is 42.6 Å². The number of hydrogen-bond donors (Lipinski definition) is 2. The lowest BCUT2D eigenvalue weighted by molar-refractivity contribution is -0.178. The van der Waals surface area contributed by atoms with Gasteiger partial charge in [0.1, 0.15) is 12.2 Å². The molecule has 5 unspecified atom stereocenters. The topological polar surface area (TPSA) is 102 Å². The number of hydrogen-bond acceptors (Lipinski definition) is 7. The number of ether oxygens (including phenoxy) is 3. The number of carbonyl (C=O) groups is 2. The molecule has 7 nitrogen and oxygen atoms in total. The third kappa shape index (κ3) is 1.92. The van der Waals surface area contributed by atoms with Gasteiger partial charge in [0, 0.05) is 5.57 Å². The lowest BCUT2D eigenvalue weighted by Gasteiger charge is -2.14. The first-order valence-corrected chi connectivity index (χ1v) is 5.00. The molecule has 2 rings (SSSR count). The van der Waals surface area contributed by atoms with Crippen LogP contribution in [-0.2, 0) is 23.8 Å². The highest BCUT2D eigenvalue weighted by atomic mass is 16.7. The van der Waals surface area contributed by atoms with Crippen molar-refractivity contribution in [2.45, 2.75) is 37.6 Å². The zero-order valence-electron chi connectivity index (χ0n) is 9.03. The lowest BCUT2D eigenvalue weighted by Crippen LogP contribution is -2.35. The average Bonchev–Trinajstić information content (AvgIpc) is 2.69. The number of carbonyl (C=O) groups excluding carboxylic acids is 2. The highest BCUT2D eigenvalue weighted by molar-refractivity contribution is 5.90. The second kappa shape index (κ2) is 4.10. The SMILES string of the molecule is C=C(C)C(=O)OC1C(=O)OC2C(O)C(O)OC12. The van der Waals surface area contributed by atoms with Crippen LogP contribution in [0.1, 0.15) is 6.92 Å². The van der Waals surface area contributed by atoms with Crippen molar-refractivity contribution >= 4 is 11.9 Å². The van der Waals surface area contributed by atoms with Crippen LogP contribution in [0.3, 0.4) is 0 Å². The Bertz CT molecular complexity index is 377. The summed E-state index contributed by atoms with van der Waals surface area (Å²) in [6.07, 6.45) is -6.08. The summed E-state index contributed by atoms with van der Waals surface area (Å²) in [4.78, 5) is 22.7. The van der Waals surface area contributed by atoms with E-state index >= 15 is 0 Å². The van der Waals surface area contributed by atoms with Crippen LogP contribution < -0.4 is 0 Å². The van der Waals surface area contributed by atoms with Gasteiger partial charge in [0.15, 0.2) is 12.4 Å². The van der Waals surface area contributed by atoms with Crippen LogP contribution >= 0.6 is 0 Å². The van der Waals surface area contributed by atoms with Gasteiger partial charge in [-0.1, -0.05) is 6.58 Å². The van der Waals surface area contributed by atoms with Gasteiger partial charge in [0.05, 0.1) is 0 Å². The smallest absolute Gasteiger partial charge is 0.350 e. The van der Waals surface area contributed by atoms with Crippen molar-refractivity contribution in [1.29, 1.82) is 0 Å². The van der Waals surface area contributed by atoms with Gasteiger partial charge in [-0.3, -0.25) is 0 Å². The Kier molecular flexibility index (Phi) is 2.90. The Morgan fingerprint density at radius 3 is 2.65 bits per heavy atom. The first-order chi connectivity index (χ1) is 7.91. The van der Waals surface area contributed by atoms with Crippen molar-refractivity contribution in [3.63, 3.8) is 0 Å². The highest BCUT2D eigenvalue weighted by Crippen LogP contribution is 2.32. The van der Waals surface area contributed by atoms with Crippen molar-refractivity contribution in [2.75, 3.05) is 0 Å². The van der Waals surface area contributed by atoms with Gasteiger partial charge < -0.3 is 24.4 Å². The molecule has 0 spiro atoms. The van der Waals surface area contributed by atoms with Crippen molar-refractivity contribution in [3.8, 4) is 0 Å². The molecule has 2 N–H and O–H groups in total. The molecule has 2 saturated heterocycles.